The van der Waals surface area contributed by atoms with Crippen LogP contribution in [-0.4, -0.2) is 26.3 Å². The molecule has 0 amide bonds. The summed E-state index contributed by atoms with van der Waals surface area (Å²) in [7, 11) is -1.63. The van der Waals surface area contributed by atoms with Crippen LogP contribution >= 0.6 is 11.8 Å². The fourth-order valence-corrected chi connectivity index (χ4v) is 4.41. The van der Waals surface area contributed by atoms with Gasteiger partial charge in [0.05, 0.1) is 18.4 Å². The molecule has 0 aromatic heterocycles. The highest BCUT2D eigenvalue weighted by molar-refractivity contribution is 7.98. The Morgan fingerprint density at radius 2 is 1.67 bits per heavy atom. The molecule has 0 unspecified atom stereocenters. The summed E-state index contributed by atoms with van der Waals surface area (Å²) in [6.45, 7) is 16.9. The van der Waals surface area contributed by atoms with Crippen molar-refractivity contribution in [3.8, 4) is 0 Å². The molecule has 0 saturated carbocycles. The fraction of sp³-hybridized carbons (Fsp3) is 0.409. The lowest BCUT2D eigenvalue weighted by atomic mass is 10.1. The zero-order valence-corrected chi connectivity index (χ0v) is 18.6. The molecule has 144 valence electrons. The number of rotatable bonds is 10. The SMILES string of the molecule is [C-]#[N+][C@](C)(CSCc1ccccc1)N[C@H](CO[Si](C)(C)C)c1ccccc1. The second-order valence-electron chi connectivity index (χ2n) is 7.90. The Balaban J connectivity index is 2.03. The lowest BCUT2D eigenvalue weighted by molar-refractivity contribution is 0.239. The summed E-state index contributed by atoms with van der Waals surface area (Å²) in [5, 5.41) is 3.58. The zero-order chi connectivity index (χ0) is 19.8. The monoisotopic (exact) mass is 398 g/mol. The van der Waals surface area contributed by atoms with Crippen molar-refractivity contribution < 1.29 is 4.43 Å². The standard InChI is InChI=1S/C22H30N2OSSi/c1-22(23-2,18-26-17-19-12-8-6-9-13-19)24-21(16-25-27(3,4)5)20-14-10-7-11-15-20/h6-15,21,24H,16-18H2,1,3-5H3/t21-,22+/m1/s1. The van der Waals surface area contributed by atoms with E-state index in [0.29, 0.717) is 6.61 Å². The third-order valence-electron chi connectivity index (χ3n) is 4.11. The van der Waals surface area contributed by atoms with E-state index in [9.17, 15) is 0 Å². The largest absolute Gasteiger partial charge is 0.416 e. The van der Waals surface area contributed by atoms with E-state index in [1.165, 1.54) is 11.1 Å². The first kappa shape index (κ1) is 21.7. The molecule has 0 fully saturated rings. The highest BCUT2D eigenvalue weighted by Crippen LogP contribution is 2.24. The number of hydrogen-bond acceptors (Lipinski definition) is 3. The van der Waals surface area contributed by atoms with E-state index in [1.54, 1.807) is 11.8 Å². The molecule has 1 N–H and O–H groups in total. The molecule has 0 saturated heterocycles. The van der Waals surface area contributed by atoms with E-state index in [-0.39, 0.29) is 6.04 Å². The first-order valence-corrected chi connectivity index (χ1v) is 13.8. The Bertz CT molecular complexity index is 727. The van der Waals surface area contributed by atoms with Gasteiger partial charge in [0, 0.05) is 12.7 Å². The predicted octanol–water partition coefficient (Wildman–Crippen LogP) is 5.74. The molecule has 0 spiro atoms. The minimum Gasteiger partial charge on any atom is -0.416 e. The normalized spacial score (nSPS) is 14.9. The molecular weight excluding hydrogens is 368 g/mol. The molecule has 0 heterocycles. The predicted molar refractivity (Wildman–Crippen MR) is 119 cm³/mol. The summed E-state index contributed by atoms with van der Waals surface area (Å²) >= 11 is 1.79. The van der Waals surface area contributed by atoms with Gasteiger partial charge in [-0.2, -0.15) is 0 Å². The number of hydrogen-bond donors (Lipinski definition) is 1. The van der Waals surface area contributed by atoms with Crippen LogP contribution < -0.4 is 5.32 Å². The molecule has 3 nitrogen and oxygen atoms in total. The van der Waals surface area contributed by atoms with Crippen molar-refractivity contribution in [1.29, 1.82) is 0 Å². The molecular formula is C22H30N2OSSi. The van der Waals surface area contributed by atoms with E-state index < -0.39 is 14.0 Å². The molecule has 2 atom stereocenters. The summed E-state index contributed by atoms with van der Waals surface area (Å²) < 4.78 is 6.18. The fourth-order valence-electron chi connectivity index (χ4n) is 2.66. The van der Waals surface area contributed by atoms with Gasteiger partial charge in [-0.15, -0.1) is 11.8 Å². The lowest BCUT2D eigenvalue weighted by Gasteiger charge is -2.28. The molecule has 0 radical (unpaired) electrons. The molecule has 2 aromatic carbocycles. The maximum Gasteiger partial charge on any atom is 0.292 e. The van der Waals surface area contributed by atoms with Crippen LogP contribution in [0.15, 0.2) is 60.7 Å². The Labute approximate surface area is 169 Å². The van der Waals surface area contributed by atoms with Gasteiger partial charge in [0.15, 0.2) is 8.32 Å². The first-order valence-electron chi connectivity index (χ1n) is 9.28. The van der Waals surface area contributed by atoms with Crippen LogP contribution in [0.4, 0.5) is 0 Å². The van der Waals surface area contributed by atoms with Gasteiger partial charge in [0.2, 0.25) is 0 Å². The van der Waals surface area contributed by atoms with Gasteiger partial charge >= 0.3 is 0 Å². The third kappa shape index (κ3) is 7.90. The zero-order valence-electron chi connectivity index (χ0n) is 16.7. The second kappa shape index (κ2) is 10.1. The Morgan fingerprint density at radius 1 is 1.07 bits per heavy atom. The molecule has 5 heteroatoms. The van der Waals surface area contributed by atoms with Gasteiger partial charge in [-0.25, -0.2) is 11.9 Å². The number of nitrogens with zero attached hydrogens (tertiary/aromatic N) is 1. The van der Waals surface area contributed by atoms with Gasteiger partial charge < -0.3 is 4.43 Å². The molecule has 0 aliphatic carbocycles. The maximum absolute atomic E-state index is 7.77. The molecule has 0 aliphatic rings. The van der Waals surface area contributed by atoms with E-state index in [4.69, 9.17) is 11.0 Å². The maximum atomic E-state index is 7.77. The lowest BCUT2D eigenvalue weighted by Crippen LogP contribution is -2.46. The van der Waals surface area contributed by atoms with Crippen LogP contribution in [0.5, 0.6) is 0 Å². The van der Waals surface area contributed by atoms with Crippen molar-refractivity contribution in [3.05, 3.63) is 83.2 Å². The molecule has 2 aromatic rings. The highest BCUT2D eigenvalue weighted by Gasteiger charge is 2.34. The summed E-state index contributed by atoms with van der Waals surface area (Å²) in [6.07, 6.45) is 0. The quantitative estimate of drug-likeness (QED) is 0.408. The van der Waals surface area contributed by atoms with Crippen molar-refractivity contribution in [1.82, 2.24) is 5.32 Å². The highest BCUT2D eigenvalue weighted by atomic mass is 32.2. The number of nitrogens with one attached hydrogen (secondary N) is 1. The van der Waals surface area contributed by atoms with Gasteiger partial charge in [-0.05, 0) is 30.8 Å². The van der Waals surface area contributed by atoms with Gasteiger partial charge in [0.25, 0.3) is 5.66 Å². The number of thioether (sulfide) groups is 1. The molecule has 2 rings (SSSR count). The average Bonchev–Trinajstić information content (AvgIpc) is 2.66. The van der Waals surface area contributed by atoms with Crippen molar-refractivity contribution in [2.24, 2.45) is 0 Å². The van der Waals surface area contributed by atoms with Crippen LogP contribution in [-0.2, 0) is 10.2 Å². The Kier molecular flexibility index (Phi) is 8.12. The van der Waals surface area contributed by atoms with Crippen LogP contribution in [0.1, 0.15) is 24.1 Å². The van der Waals surface area contributed by atoms with E-state index in [0.717, 1.165) is 11.5 Å². The Hall–Kier alpha value is -1.58. The first-order chi connectivity index (χ1) is 12.8. The molecule has 0 bridgehead atoms. The second-order valence-corrected chi connectivity index (χ2v) is 13.4. The van der Waals surface area contributed by atoms with E-state index >= 15 is 0 Å². The van der Waals surface area contributed by atoms with Crippen molar-refractivity contribution in [2.75, 3.05) is 12.4 Å². The summed E-state index contributed by atoms with van der Waals surface area (Å²) in [5.41, 5.74) is 1.82. The minimum atomic E-state index is -1.63. The van der Waals surface area contributed by atoms with Crippen molar-refractivity contribution in [2.45, 2.75) is 44.0 Å². The van der Waals surface area contributed by atoms with Crippen molar-refractivity contribution >= 4 is 20.1 Å². The topological polar surface area (TPSA) is 25.6 Å². The van der Waals surface area contributed by atoms with Crippen LogP contribution in [0.2, 0.25) is 19.6 Å². The Morgan fingerprint density at radius 3 is 2.22 bits per heavy atom. The third-order valence-corrected chi connectivity index (χ3v) is 6.45. The molecule has 0 aliphatic heterocycles. The van der Waals surface area contributed by atoms with Crippen molar-refractivity contribution in [3.63, 3.8) is 0 Å². The van der Waals surface area contributed by atoms with Crippen LogP contribution in [0, 0.1) is 6.57 Å². The minimum absolute atomic E-state index is 0.00866. The summed E-state index contributed by atoms with van der Waals surface area (Å²) in [5.74, 6) is 1.64. The average molecular weight is 399 g/mol. The van der Waals surface area contributed by atoms with Gasteiger partial charge in [-0.3, -0.25) is 4.85 Å². The van der Waals surface area contributed by atoms with E-state index in [2.05, 4.69) is 66.2 Å². The molecule has 27 heavy (non-hydrogen) atoms. The van der Waals surface area contributed by atoms with Crippen LogP contribution in [0.25, 0.3) is 4.85 Å². The number of benzene rings is 2. The van der Waals surface area contributed by atoms with Gasteiger partial charge in [-0.1, -0.05) is 60.7 Å². The summed E-state index contributed by atoms with van der Waals surface area (Å²) in [6, 6.07) is 20.7. The van der Waals surface area contributed by atoms with E-state index in [1.807, 2.05) is 31.2 Å². The van der Waals surface area contributed by atoms with Crippen LogP contribution in [0.3, 0.4) is 0 Å². The van der Waals surface area contributed by atoms with Gasteiger partial charge in [0.1, 0.15) is 0 Å². The summed E-state index contributed by atoms with van der Waals surface area (Å²) in [4.78, 5) is 3.93. The smallest absolute Gasteiger partial charge is 0.292 e.